The average Bonchev–Trinajstić information content (AvgIpc) is 2.91. The minimum Gasteiger partial charge on any atom is -0.317 e. The van der Waals surface area contributed by atoms with Crippen molar-refractivity contribution in [1.29, 1.82) is 0 Å². The SMILES string of the molecule is CCNCC1CCCN(S(=O)(=O)NCC2(C)CCCC2)C1. The molecule has 2 aliphatic rings. The van der Waals surface area contributed by atoms with Gasteiger partial charge in [0.1, 0.15) is 0 Å². The number of nitrogens with zero attached hydrogens (tertiary/aromatic N) is 1. The van der Waals surface area contributed by atoms with Crippen molar-refractivity contribution >= 4 is 10.2 Å². The highest BCUT2D eigenvalue weighted by Gasteiger charge is 2.33. The molecule has 1 aliphatic carbocycles. The van der Waals surface area contributed by atoms with Gasteiger partial charge in [-0.25, -0.2) is 4.72 Å². The summed E-state index contributed by atoms with van der Waals surface area (Å²) in [6.45, 7) is 8.05. The molecule has 1 atom stereocenters. The minimum absolute atomic E-state index is 0.159. The Bertz CT molecular complexity index is 419. The van der Waals surface area contributed by atoms with Crippen LogP contribution in [-0.2, 0) is 10.2 Å². The smallest absolute Gasteiger partial charge is 0.279 e. The van der Waals surface area contributed by atoms with Gasteiger partial charge in [-0.2, -0.15) is 12.7 Å². The maximum atomic E-state index is 12.5. The lowest BCUT2D eigenvalue weighted by Crippen LogP contribution is -2.49. The van der Waals surface area contributed by atoms with E-state index in [9.17, 15) is 8.42 Å². The van der Waals surface area contributed by atoms with Crippen LogP contribution in [0.1, 0.15) is 52.4 Å². The molecule has 2 rings (SSSR count). The summed E-state index contributed by atoms with van der Waals surface area (Å²) >= 11 is 0. The highest BCUT2D eigenvalue weighted by molar-refractivity contribution is 7.87. The van der Waals surface area contributed by atoms with E-state index in [1.165, 1.54) is 12.8 Å². The Morgan fingerprint density at radius 2 is 1.95 bits per heavy atom. The fourth-order valence-electron chi connectivity index (χ4n) is 3.52. The first-order chi connectivity index (χ1) is 9.95. The predicted molar refractivity (Wildman–Crippen MR) is 86.3 cm³/mol. The van der Waals surface area contributed by atoms with Crippen molar-refractivity contribution < 1.29 is 8.42 Å². The Kier molecular flexibility index (Phi) is 6.05. The number of nitrogens with one attached hydrogen (secondary N) is 2. The Morgan fingerprint density at radius 3 is 2.62 bits per heavy atom. The van der Waals surface area contributed by atoms with Crippen molar-refractivity contribution in [1.82, 2.24) is 14.3 Å². The zero-order valence-electron chi connectivity index (χ0n) is 13.5. The molecule has 1 unspecified atom stereocenters. The van der Waals surface area contributed by atoms with Gasteiger partial charge in [0.05, 0.1) is 0 Å². The third kappa shape index (κ3) is 4.91. The van der Waals surface area contributed by atoms with E-state index in [2.05, 4.69) is 23.9 Å². The van der Waals surface area contributed by atoms with Crippen molar-refractivity contribution in [3.63, 3.8) is 0 Å². The van der Waals surface area contributed by atoms with Crippen molar-refractivity contribution in [3.05, 3.63) is 0 Å². The number of piperidine rings is 1. The van der Waals surface area contributed by atoms with Gasteiger partial charge in [0, 0.05) is 19.6 Å². The standard InChI is InChI=1S/C15H31N3O2S/c1-3-16-11-14-7-6-10-18(12-14)21(19,20)17-13-15(2)8-4-5-9-15/h14,16-17H,3-13H2,1-2H3. The van der Waals surface area contributed by atoms with Gasteiger partial charge in [-0.3, -0.25) is 0 Å². The van der Waals surface area contributed by atoms with Crippen LogP contribution in [0.15, 0.2) is 0 Å². The summed E-state index contributed by atoms with van der Waals surface area (Å²) in [5.74, 6) is 0.442. The normalized spacial score (nSPS) is 27.0. The van der Waals surface area contributed by atoms with Crippen molar-refractivity contribution in [3.8, 4) is 0 Å². The summed E-state index contributed by atoms with van der Waals surface area (Å²) in [6.07, 6.45) is 6.82. The van der Waals surface area contributed by atoms with Crippen molar-refractivity contribution in [2.24, 2.45) is 11.3 Å². The lowest BCUT2D eigenvalue weighted by molar-refractivity contribution is 0.255. The van der Waals surface area contributed by atoms with Crippen molar-refractivity contribution in [2.75, 3.05) is 32.7 Å². The molecule has 0 aromatic carbocycles. The molecule has 0 bridgehead atoms. The van der Waals surface area contributed by atoms with Gasteiger partial charge in [-0.05, 0) is 50.1 Å². The summed E-state index contributed by atoms with van der Waals surface area (Å²) in [5.41, 5.74) is 0.159. The first-order valence-corrected chi connectivity index (χ1v) is 9.85. The minimum atomic E-state index is -3.31. The van der Waals surface area contributed by atoms with E-state index < -0.39 is 10.2 Å². The van der Waals surface area contributed by atoms with Crippen LogP contribution >= 0.6 is 0 Å². The van der Waals surface area contributed by atoms with Crippen LogP contribution < -0.4 is 10.0 Å². The lowest BCUT2D eigenvalue weighted by atomic mass is 9.89. The van der Waals surface area contributed by atoms with E-state index >= 15 is 0 Å². The zero-order valence-corrected chi connectivity index (χ0v) is 14.3. The molecule has 1 heterocycles. The molecule has 0 spiro atoms. The first-order valence-electron chi connectivity index (χ1n) is 8.41. The van der Waals surface area contributed by atoms with Gasteiger partial charge in [0.2, 0.25) is 0 Å². The summed E-state index contributed by atoms with van der Waals surface area (Å²) in [4.78, 5) is 0. The summed E-state index contributed by atoms with van der Waals surface area (Å²) in [6, 6.07) is 0. The summed E-state index contributed by atoms with van der Waals surface area (Å²) in [7, 11) is -3.31. The van der Waals surface area contributed by atoms with Crippen LogP contribution in [0.2, 0.25) is 0 Å². The lowest BCUT2D eigenvalue weighted by Gasteiger charge is -2.33. The van der Waals surface area contributed by atoms with Crippen LogP contribution in [0.3, 0.4) is 0 Å². The van der Waals surface area contributed by atoms with E-state index in [1.807, 2.05) is 0 Å². The maximum Gasteiger partial charge on any atom is 0.279 e. The molecule has 6 heteroatoms. The average molecular weight is 317 g/mol. The number of rotatable bonds is 7. The molecular formula is C15H31N3O2S. The predicted octanol–water partition coefficient (Wildman–Crippen LogP) is 1.72. The van der Waals surface area contributed by atoms with Crippen LogP contribution in [-0.4, -0.2) is 45.4 Å². The first kappa shape index (κ1) is 17.2. The number of hydrogen-bond donors (Lipinski definition) is 2. The fourth-order valence-corrected chi connectivity index (χ4v) is 5.01. The molecular weight excluding hydrogens is 286 g/mol. The summed E-state index contributed by atoms with van der Waals surface area (Å²) in [5, 5.41) is 3.33. The molecule has 21 heavy (non-hydrogen) atoms. The van der Waals surface area contributed by atoms with E-state index in [-0.39, 0.29) is 5.41 Å². The Labute approximate surface area is 130 Å². The third-order valence-electron chi connectivity index (χ3n) is 5.00. The molecule has 2 fully saturated rings. The zero-order chi connectivity index (χ0) is 15.3. The largest absolute Gasteiger partial charge is 0.317 e. The van der Waals surface area contributed by atoms with Gasteiger partial charge < -0.3 is 5.32 Å². The van der Waals surface area contributed by atoms with Crippen LogP contribution in [0.25, 0.3) is 0 Å². The van der Waals surface area contributed by atoms with Crippen LogP contribution in [0, 0.1) is 11.3 Å². The molecule has 124 valence electrons. The second-order valence-electron chi connectivity index (χ2n) is 7.02. The molecule has 5 nitrogen and oxygen atoms in total. The molecule has 2 N–H and O–H groups in total. The summed E-state index contributed by atoms with van der Waals surface area (Å²) < 4.78 is 29.5. The molecule has 1 aliphatic heterocycles. The van der Waals surface area contributed by atoms with E-state index in [4.69, 9.17) is 0 Å². The van der Waals surface area contributed by atoms with E-state index in [1.54, 1.807) is 4.31 Å². The van der Waals surface area contributed by atoms with Gasteiger partial charge in [-0.15, -0.1) is 0 Å². The second kappa shape index (κ2) is 7.40. The monoisotopic (exact) mass is 317 g/mol. The quantitative estimate of drug-likeness (QED) is 0.751. The highest BCUT2D eigenvalue weighted by atomic mass is 32.2. The van der Waals surface area contributed by atoms with E-state index in [0.29, 0.717) is 25.6 Å². The topological polar surface area (TPSA) is 61.4 Å². The van der Waals surface area contributed by atoms with Crippen LogP contribution in [0.4, 0.5) is 0 Å². The molecule has 0 amide bonds. The van der Waals surface area contributed by atoms with Gasteiger partial charge in [0.25, 0.3) is 10.2 Å². The number of hydrogen-bond acceptors (Lipinski definition) is 3. The molecule has 1 saturated heterocycles. The molecule has 0 aromatic heterocycles. The Balaban J connectivity index is 1.86. The van der Waals surface area contributed by atoms with Gasteiger partial charge >= 0.3 is 0 Å². The molecule has 0 radical (unpaired) electrons. The van der Waals surface area contributed by atoms with Crippen LogP contribution in [0.5, 0.6) is 0 Å². The molecule has 1 saturated carbocycles. The maximum absolute atomic E-state index is 12.5. The second-order valence-corrected chi connectivity index (χ2v) is 8.77. The third-order valence-corrected chi connectivity index (χ3v) is 6.52. The van der Waals surface area contributed by atoms with Gasteiger partial charge in [0.15, 0.2) is 0 Å². The van der Waals surface area contributed by atoms with Gasteiger partial charge in [-0.1, -0.05) is 26.7 Å². The Hall–Kier alpha value is -0.170. The fraction of sp³-hybridized carbons (Fsp3) is 1.00. The van der Waals surface area contributed by atoms with Crippen molar-refractivity contribution in [2.45, 2.75) is 52.4 Å². The molecule has 0 aromatic rings. The Morgan fingerprint density at radius 1 is 1.24 bits per heavy atom. The highest BCUT2D eigenvalue weighted by Crippen LogP contribution is 2.36. The van der Waals surface area contributed by atoms with E-state index in [0.717, 1.165) is 38.8 Å².